The number of likely N-dealkylation sites (tertiary alicyclic amines) is 2. The largest absolute Gasteiger partial charge is 0.341 e. The maximum Gasteiger partial charge on any atom is 0.223 e. The fourth-order valence-corrected chi connectivity index (χ4v) is 3.77. The number of piperidine rings is 1. The van der Waals surface area contributed by atoms with E-state index in [0.717, 1.165) is 58.3 Å². The molecule has 0 aromatic rings. The average Bonchev–Trinajstić information content (AvgIpc) is 3.10. The molecule has 1 amide bonds. The van der Waals surface area contributed by atoms with Crippen molar-refractivity contribution < 1.29 is 4.79 Å². The van der Waals surface area contributed by atoms with Crippen molar-refractivity contribution in [3.05, 3.63) is 12.2 Å². The molecule has 2 fully saturated rings. The second-order valence-electron chi connectivity index (χ2n) is 6.63. The van der Waals surface area contributed by atoms with Gasteiger partial charge in [-0.2, -0.15) is 0 Å². The molecule has 4 heteroatoms. The summed E-state index contributed by atoms with van der Waals surface area (Å²) in [5.74, 6) is 0.854. The second kappa shape index (κ2) is 6.27. The first-order valence-electron chi connectivity index (χ1n) is 8.16. The van der Waals surface area contributed by atoms with Crippen molar-refractivity contribution in [2.75, 3.05) is 26.2 Å². The molecule has 0 radical (unpaired) electrons. The van der Waals surface area contributed by atoms with Gasteiger partial charge in [-0.15, -0.1) is 0 Å². The Hall–Kier alpha value is -0.870. The van der Waals surface area contributed by atoms with Crippen molar-refractivity contribution in [1.29, 1.82) is 0 Å². The van der Waals surface area contributed by atoms with E-state index in [1.807, 2.05) is 0 Å². The van der Waals surface area contributed by atoms with Gasteiger partial charge in [-0.05, 0) is 51.1 Å². The van der Waals surface area contributed by atoms with Gasteiger partial charge in [0.15, 0.2) is 0 Å². The first-order chi connectivity index (χ1) is 9.72. The zero-order valence-corrected chi connectivity index (χ0v) is 12.3. The SMILES string of the molecule is NC1CCN(C2CCN(C(=O)CC3C=CCC3)C2)CC1. The fraction of sp³-hybridized carbons (Fsp3) is 0.812. The van der Waals surface area contributed by atoms with E-state index in [1.165, 1.54) is 0 Å². The Morgan fingerprint density at radius 2 is 1.95 bits per heavy atom. The minimum absolute atomic E-state index is 0.359. The first-order valence-corrected chi connectivity index (χ1v) is 8.16. The third-order valence-corrected chi connectivity index (χ3v) is 5.16. The van der Waals surface area contributed by atoms with Crippen LogP contribution in [0.1, 0.15) is 38.5 Å². The van der Waals surface area contributed by atoms with Gasteiger partial charge < -0.3 is 10.6 Å². The molecule has 20 heavy (non-hydrogen) atoms. The van der Waals surface area contributed by atoms with Crippen molar-refractivity contribution in [2.45, 2.75) is 50.6 Å². The highest BCUT2D eigenvalue weighted by atomic mass is 16.2. The van der Waals surface area contributed by atoms with E-state index in [0.29, 0.717) is 30.3 Å². The van der Waals surface area contributed by atoms with Gasteiger partial charge in [0, 0.05) is 31.6 Å². The number of carbonyl (C=O) groups is 1. The number of carbonyl (C=O) groups excluding carboxylic acids is 1. The third kappa shape index (κ3) is 3.23. The Kier molecular flexibility index (Phi) is 4.41. The molecule has 0 saturated carbocycles. The minimum atomic E-state index is 0.359. The smallest absolute Gasteiger partial charge is 0.223 e. The van der Waals surface area contributed by atoms with Crippen molar-refractivity contribution >= 4 is 5.91 Å². The number of amides is 1. The van der Waals surface area contributed by atoms with Gasteiger partial charge in [-0.1, -0.05) is 12.2 Å². The van der Waals surface area contributed by atoms with E-state index in [9.17, 15) is 4.79 Å². The molecule has 2 unspecified atom stereocenters. The van der Waals surface area contributed by atoms with Crippen LogP contribution < -0.4 is 5.73 Å². The Balaban J connectivity index is 1.46. The van der Waals surface area contributed by atoms with Crippen LogP contribution in [-0.2, 0) is 4.79 Å². The molecule has 0 spiro atoms. The molecule has 3 rings (SSSR count). The van der Waals surface area contributed by atoms with Crippen molar-refractivity contribution in [3.8, 4) is 0 Å². The van der Waals surface area contributed by atoms with Crippen molar-refractivity contribution in [3.63, 3.8) is 0 Å². The molecule has 2 aliphatic heterocycles. The lowest BCUT2D eigenvalue weighted by Crippen LogP contribution is -2.46. The van der Waals surface area contributed by atoms with Crippen LogP contribution in [0.25, 0.3) is 0 Å². The highest BCUT2D eigenvalue weighted by Gasteiger charge is 2.32. The van der Waals surface area contributed by atoms with Gasteiger partial charge >= 0.3 is 0 Å². The van der Waals surface area contributed by atoms with Gasteiger partial charge in [0.2, 0.25) is 5.91 Å². The molecule has 2 heterocycles. The van der Waals surface area contributed by atoms with Crippen molar-refractivity contribution in [2.24, 2.45) is 11.7 Å². The van der Waals surface area contributed by atoms with Gasteiger partial charge in [-0.3, -0.25) is 9.69 Å². The maximum atomic E-state index is 12.3. The topological polar surface area (TPSA) is 49.6 Å². The van der Waals surface area contributed by atoms with E-state index in [4.69, 9.17) is 5.73 Å². The zero-order valence-electron chi connectivity index (χ0n) is 12.3. The number of nitrogens with zero attached hydrogens (tertiary/aromatic N) is 2. The van der Waals surface area contributed by atoms with Gasteiger partial charge in [0.05, 0.1) is 0 Å². The average molecular weight is 277 g/mol. The minimum Gasteiger partial charge on any atom is -0.341 e. The normalized spacial score (nSPS) is 32.1. The van der Waals surface area contributed by atoms with Crippen LogP contribution >= 0.6 is 0 Å². The summed E-state index contributed by atoms with van der Waals surface area (Å²) in [4.78, 5) is 17.0. The van der Waals surface area contributed by atoms with Crippen LogP contribution in [0.5, 0.6) is 0 Å². The summed E-state index contributed by atoms with van der Waals surface area (Å²) < 4.78 is 0. The van der Waals surface area contributed by atoms with E-state index < -0.39 is 0 Å². The maximum absolute atomic E-state index is 12.3. The van der Waals surface area contributed by atoms with Crippen LogP contribution in [0.15, 0.2) is 12.2 Å². The molecule has 112 valence electrons. The van der Waals surface area contributed by atoms with Crippen LogP contribution in [0.4, 0.5) is 0 Å². The van der Waals surface area contributed by atoms with E-state index >= 15 is 0 Å². The Morgan fingerprint density at radius 3 is 2.65 bits per heavy atom. The van der Waals surface area contributed by atoms with Gasteiger partial charge in [0.25, 0.3) is 0 Å². The quantitative estimate of drug-likeness (QED) is 0.793. The molecule has 2 N–H and O–H groups in total. The first kappa shape index (κ1) is 14.1. The fourth-order valence-electron chi connectivity index (χ4n) is 3.77. The zero-order chi connectivity index (χ0) is 13.9. The van der Waals surface area contributed by atoms with Crippen LogP contribution in [-0.4, -0.2) is 54.0 Å². The summed E-state index contributed by atoms with van der Waals surface area (Å²) >= 11 is 0. The summed E-state index contributed by atoms with van der Waals surface area (Å²) in [5, 5.41) is 0. The second-order valence-corrected chi connectivity index (χ2v) is 6.63. The molecule has 2 atom stereocenters. The standard InChI is InChI=1S/C16H27N3O/c17-14-5-8-18(9-6-14)15-7-10-19(12-15)16(20)11-13-3-1-2-4-13/h1,3,13-15H,2,4-12,17H2. The van der Waals surface area contributed by atoms with Crippen LogP contribution in [0.2, 0.25) is 0 Å². The Bertz CT molecular complexity index is 374. The molecule has 2 saturated heterocycles. The number of allylic oxidation sites excluding steroid dienone is 2. The molecule has 1 aliphatic carbocycles. The summed E-state index contributed by atoms with van der Waals surface area (Å²) in [6.07, 6.45) is 10.8. The highest BCUT2D eigenvalue weighted by Crippen LogP contribution is 2.24. The van der Waals surface area contributed by atoms with Crippen molar-refractivity contribution in [1.82, 2.24) is 9.80 Å². The Morgan fingerprint density at radius 1 is 1.15 bits per heavy atom. The predicted molar refractivity (Wildman–Crippen MR) is 80.2 cm³/mol. The summed E-state index contributed by atoms with van der Waals surface area (Å²) in [6.45, 7) is 4.10. The van der Waals surface area contributed by atoms with Gasteiger partial charge in [0.1, 0.15) is 0 Å². The lowest BCUT2D eigenvalue weighted by molar-refractivity contribution is -0.131. The molecule has 0 bridgehead atoms. The number of rotatable bonds is 3. The lowest BCUT2D eigenvalue weighted by Gasteiger charge is -2.34. The van der Waals surface area contributed by atoms with Gasteiger partial charge in [-0.25, -0.2) is 0 Å². The lowest BCUT2D eigenvalue weighted by atomic mass is 10.0. The summed E-state index contributed by atoms with van der Waals surface area (Å²) in [7, 11) is 0. The molecule has 4 nitrogen and oxygen atoms in total. The molecule has 0 aromatic heterocycles. The molecule has 3 aliphatic rings. The predicted octanol–water partition coefficient (Wildman–Crippen LogP) is 1.37. The number of nitrogens with two attached hydrogens (primary N) is 1. The molecular formula is C16H27N3O. The number of hydrogen-bond donors (Lipinski definition) is 1. The Labute approximate surface area is 122 Å². The summed E-state index contributed by atoms with van der Waals surface area (Å²) in [6, 6.07) is 0.963. The van der Waals surface area contributed by atoms with E-state index in [-0.39, 0.29) is 0 Å². The number of hydrogen-bond acceptors (Lipinski definition) is 3. The molecular weight excluding hydrogens is 250 g/mol. The third-order valence-electron chi connectivity index (χ3n) is 5.16. The summed E-state index contributed by atoms with van der Waals surface area (Å²) in [5.41, 5.74) is 5.96. The van der Waals surface area contributed by atoms with Crippen LogP contribution in [0.3, 0.4) is 0 Å². The highest BCUT2D eigenvalue weighted by molar-refractivity contribution is 5.77. The monoisotopic (exact) mass is 277 g/mol. The molecule has 0 aromatic carbocycles. The van der Waals surface area contributed by atoms with Crippen LogP contribution in [0, 0.1) is 5.92 Å². The van der Waals surface area contributed by atoms with E-state index in [2.05, 4.69) is 22.0 Å². The van der Waals surface area contributed by atoms with E-state index in [1.54, 1.807) is 0 Å².